The average molecular weight is 662 g/mol. The number of benzene rings is 4. The summed E-state index contributed by atoms with van der Waals surface area (Å²) in [6.07, 6.45) is 3.63. The molecule has 0 bridgehead atoms. The monoisotopic (exact) mass is 661 g/mol. The minimum absolute atomic E-state index is 0.377. The molecule has 0 spiro atoms. The van der Waals surface area contributed by atoms with Crippen molar-refractivity contribution in [1.29, 1.82) is 0 Å². The van der Waals surface area contributed by atoms with Crippen LogP contribution in [0.3, 0.4) is 0 Å². The minimum Gasteiger partial charge on any atom is -0.422 e. The Bertz CT molecular complexity index is 2290. The van der Waals surface area contributed by atoms with E-state index >= 15 is 0 Å². The highest BCUT2D eigenvalue weighted by Crippen LogP contribution is 2.32. The molecule has 0 aliphatic carbocycles. The van der Waals surface area contributed by atoms with Crippen molar-refractivity contribution in [2.75, 3.05) is 36.0 Å². The fraction of sp³-hybridized carbons (Fsp3) is 0.186. The molecule has 0 saturated heterocycles. The summed E-state index contributed by atoms with van der Waals surface area (Å²) in [6, 6.07) is 33.6. The number of pyridine rings is 1. The Morgan fingerprint density at radius 2 is 0.880 bits per heavy atom. The number of nitrogens with zero attached hydrogens (tertiary/aromatic N) is 3. The summed E-state index contributed by atoms with van der Waals surface area (Å²) < 4.78 is 11.7. The highest BCUT2D eigenvalue weighted by molar-refractivity contribution is 5.87. The number of hydrogen-bond donors (Lipinski definition) is 0. The summed E-state index contributed by atoms with van der Waals surface area (Å²) in [6.45, 7) is 11.9. The van der Waals surface area contributed by atoms with Crippen LogP contribution in [0.5, 0.6) is 0 Å². The van der Waals surface area contributed by atoms with Crippen LogP contribution in [-0.4, -0.2) is 31.2 Å². The molecule has 3 heterocycles. The average Bonchev–Trinajstić information content (AvgIpc) is 3.15. The maximum atomic E-state index is 13.2. The molecule has 4 aromatic carbocycles. The molecule has 0 amide bonds. The maximum absolute atomic E-state index is 13.2. The molecule has 250 valence electrons. The van der Waals surface area contributed by atoms with Crippen LogP contribution in [0.2, 0.25) is 0 Å². The second-order valence-corrected chi connectivity index (χ2v) is 12.3. The molecule has 0 aliphatic rings. The van der Waals surface area contributed by atoms with Gasteiger partial charge in [-0.15, -0.1) is 0 Å². The van der Waals surface area contributed by atoms with E-state index in [1.807, 2.05) is 97.3 Å². The lowest BCUT2D eigenvalue weighted by atomic mass is 9.96. The Labute approximate surface area is 291 Å². The second-order valence-electron chi connectivity index (χ2n) is 12.3. The molecule has 0 fully saturated rings. The number of fused-ring (bicyclic) bond motifs is 2. The zero-order valence-corrected chi connectivity index (χ0v) is 28.8. The van der Waals surface area contributed by atoms with Crippen molar-refractivity contribution in [1.82, 2.24) is 4.98 Å². The lowest BCUT2D eigenvalue weighted by Gasteiger charge is -2.21. The van der Waals surface area contributed by atoms with Gasteiger partial charge in [0.1, 0.15) is 11.2 Å². The molecule has 3 aromatic heterocycles. The van der Waals surface area contributed by atoms with Gasteiger partial charge >= 0.3 is 11.3 Å². The Kier molecular flexibility index (Phi) is 9.05. The lowest BCUT2D eigenvalue weighted by molar-refractivity contribution is 0.563. The van der Waals surface area contributed by atoms with Crippen molar-refractivity contribution in [2.45, 2.75) is 27.7 Å². The Hall–Kier alpha value is -5.95. The fourth-order valence-corrected chi connectivity index (χ4v) is 6.66. The highest BCUT2D eigenvalue weighted by Gasteiger charge is 2.14. The number of hydrogen-bond acceptors (Lipinski definition) is 7. The van der Waals surface area contributed by atoms with Crippen LogP contribution in [0.25, 0.3) is 66.4 Å². The number of aromatic nitrogens is 1. The van der Waals surface area contributed by atoms with E-state index in [1.54, 1.807) is 0 Å². The SMILES string of the molecule is CCN(CC)c1ccc2cc(-c3cccc(-c4cncc(-c5cccc(-c6cc7ccc(N(CC)CC)cc7oc6=O)c5)c4)c3)c(=O)oc2c1. The third-order valence-corrected chi connectivity index (χ3v) is 9.45. The molecule has 7 aromatic rings. The molecular formula is C43H39N3O4. The van der Waals surface area contributed by atoms with E-state index in [0.717, 1.165) is 81.7 Å². The van der Waals surface area contributed by atoms with Gasteiger partial charge in [-0.2, -0.15) is 0 Å². The summed E-state index contributed by atoms with van der Waals surface area (Å²) in [5.41, 5.74) is 8.64. The summed E-state index contributed by atoms with van der Waals surface area (Å²) in [4.78, 5) is 35.5. The highest BCUT2D eigenvalue weighted by atomic mass is 16.4. The van der Waals surface area contributed by atoms with Crippen molar-refractivity contribution in [3.05, 3.63) is 136 Å². The standard InChI is InChI=1S/C43H39N3O4/c1-5-45(6-2)36-17-15-32-22-38(42(47)49-40(32)24-36)30-13-9-11-28(19-30)34-21-35(27-44-26-34)29-12-10-14-31(20-29)39-23-33-16-18-37(46(7-3)8-4)25-41(33)50-43(39)48/h9-27H,5-8H2,1-4H3. The predicted octanol–water partition coefficient (Wildman–Crippen LogP) is 9.65. The molecule has 0 saturated carbocycles. The molecule has 0 aliphatic heterocycles. The summed E-state index contributed by atoms with van der Waals surface area (Å²) in [5, 5.41) is 1.74. The van der Waals surface area contributed by atoms with Gasteiger partial charge in [0.05, 0.1) is 11.1 Å². The van der Waals surface area contributed by atoms with Gasteiger partial charge in [0.25, 0.3) is 0 Å². The minimum atomic E-state index is -0.377. The first kappa shape index (κ1) is 32.6. The Morgan fingerprint density at radius 3 is 1.30 bits per heavy atom. The van der Waals surface area contributed by atoms with Crippen LogP contribution in [-0.2, 0) is 0 Å². The topological polar surface area (TPSA) is 79.8 Å². The summed E-state index contributed by atoms with van der Waals surface area (Å²) in [7, 11) is 0. The van der Waals surface area contributed by atoms with Crippen LogP contribution in [0.1, 0.15) is 27.7 Å². The van der Waals surface area contributed by atoms with Crippen LogP contribution < -0.4 is 21.1 Å². The molecule has 7 rings (SSSR count). The van der Waals surface area contributed by atoms with Crippen molar-refractivity contribution < 1.29 is 8.83 Å². The fourth-order valence-electron chi connectivity index (χ4n) is 6.66. The van der Waals surface area contributed by atoms with E-state index < -0.39 is 0 Å². The van der Waals surface area contributed by atoms with Crippen molar-refractivity contribution in [3.8, 4) is 44.5 Å². The molecule has 0 N–H and O–H groups in total. The van der Waals surface area contributed by atoms with Crippen LogP contribution in [0.4, 0.5) is 11.4 Å². The van der Waals surface area contributed by atoms with Gasteiger partial charge in [0.2, 0.25) is 0 Å². The van der Waals surface area contributed by atoms with Crippen LogP contribution in [0.15, 0.2) is 134 Å². The van der Waals surface area contributed by atoms with Gasteiger partial charge in [-0.1, -0.05) is 36.4 Å². The van der Waals surface area contributed by atoms with Gasteiger partial charge in [0.15, 0.2) is 0 Å². The molecule has 7 nitrogen and oxygen atoms in total. The first-order chi connectivity index (χ1) is 24.4. The number of anilines is 2. The van der Waals surface area contributed by atoms with E-state index in [1.165, 1.54) is 0 Å². The van der Waals surface area contributed by atoms with Gasteiger partial charge in [0, 0.05) is 84.0 Å². The molecule has 0 atom stereocenters. The lowest BCUT2D eigenvalue weighted by Crippen LogP contribution is -2.21. The molecular weight excluding hydrogens is 622 g/mol. The summed E-state index contributed by atoms with van der Waals surface area (Å²) >= 11 is 0. The van der Waals surface area contributed by atoms with E-state index in [-0.39, 0.29) is 11.3 Å². The zero-order valence-electron chi connectivity index (χ0n) is 28.8. The normalized spacial score (nSPS) is 11.3. The molecule has 0 unspecified atom stereocenters. The van der Waals surface area contributed by atoms with Gasteiger partial charge < -0.3 is 18.6 Å². The van der Waals surface area contributed by atoms with Gasteiger partial charge in [-0.25, -0.2) is 9.59 Å². The molecule has 50 heavy (non-hydrogen) atoms. The van der Waals surface area contributed by atoms with Crippen molar-refractivity contribution in [3.63, 3.8) is 0 Å². The smallest absolute Gasteiger partial charge is 0.344 e. The zero-order chi connectivity index (χ0) is 34.8. The summed E-state index contributed by atoms with van der Waals surface area (Å²) in [5.74, 6) is 0. The van der Waals surface area contributed by atoms with Crippen molar-refractivity contribution in [2.24, 2.45) is 0 Å². The van der Waals surface area contributed by atoms with Gasteiger partial charge in [-0.3, -0.25) is 4.98 Å². The Balaban J connectivity index is 1.20. The third kappa shape index (κ3) is 6.30. The largest absolute Gasteiger partial charge is 0.422 e. The first-order valence-corrected chi connectivity index (χ1v) is 17.2. The van der Waals surface area contributed by atoms with E-state index in [9.17, 15) is 9.59 Å². The predicted molar refractivity (Wildman–Crippen MR) is 205 cm³/mol. The second kappa shape index (κ2) is 13.9. The molecule has 7 heteroatoms. The van der Waals surface area contributed by atoms with Crippen LogP contribution >= 0.6 is 0 Å². The van der Waals surface area contributed by atoms with Gasteiger partial charge in [-0.05, 0) is 105 Å². The van der Waals surface area contributed by atoms with E-state index in [4.69, 9.17) is 8.83 Å². The van der Waals surface area contributed by atoms with E-state index in [0.29, 0.717) is 22.3 Å². The first-order valence-electron chi connectivity index (χ1n) is 17.2. The third-order valence-electron chi connectivity index (χ3n) is 9.45. The quantitative estimate of drug-likeness (QED) is 0.135. The van der Waals surface area contributed by atoms with Crippen LogP contribution in [0, 0.1) is 0 Å². The number of rotatable bonds is 10. The molecule has 0 radical (unpaired) electrons. The van der Waals surface area contributed by atoms with E-state index in [2.05, 4.69) is 60.7 Å². The Morgan fingerprint density at radius 1 is 0.480 bits per heavy atom. The van der Waals surface area contributed by atoms with Crippen molar-refractivity contribution >= 4 is 33.3 Å². The maximum Gasteiger partial charge on any atom is 0.344 e.